The monoisotopic (exact) mass is 477 g/mol. The molecule has 3 rings (SSSR count). The van der Waals surface area contributed by atoms with Crippen molar-refractivity contribution in [2.24, 2.45) is 0 Å². The molecule has 31 heavy (non-hydrogen) atoms. The maximum Gasteiger partial charge on any atom is 0.436 e. The summed E-state index contributed by atoms with van der Waals surface area (Å²) in [6.07, 6.45) is -4.83. The van der Waals surface area contributed by atoms with Crippen LogP contribution in [0.5, 0.6) is 0 Å². The Morgan fingerprint density at radius 2 is 1.87 bits per heavy atom. The van der Waals surface area contributed by atoms with E-state index >= 15 is 0 Å². The topological polar surface area (TPSA) is 64.7 Å². The zero-order chi connectivity index (χ0) is 22.9. The molecule has 0 aliphatic rings. The quantitative estimate of drug-likeness (QED) is 0.493. The molecule has 3 aromatic rings. The number of hydrogen-bond acceptors (Lipinski definition) is 3. The number of alkyl halides is 3. The summed E-state index contributed by atoms with van der Waals surface area (Å²) < 4.78 is 55.2. The Bertz CT molecular complexity index is 1100. The summed E-state index contributed by atoms with van der Waals surface area (Å²) in [7, 11) is 0. The molecule has 6 nitrogen and oxygen atoms in total. The fourth-order valence-corrected chi connectivity index (χ4v) is 3.37. The number of carbonyl (C=O) groups is 1. The highest BCUT2D eigenvalue weighted by molar-refractivity contribution is 6.32. The summed E-state index contributed by atoms with van der Waals surface area (Å²) in [5.74, 6) is -0.728. The molecule has 12 heteroatoms. The van der Waals surface area contributed by atoms with E-state index in [0.717, 1.165) is 4.68 Å². The predicted molar refractivity (Wildman–Crippen MR) is 108 cm³/mol. The van der Waals surface area contributed by atoms with Gasteiger partial charge >= 0.3 is 6.18 Å². The second-order valence-corrected chi connectivity index (χ2v) is 7.58. The second kappa shape index (κ2) is 8.88. The summed E-state index contributed by atoms with van der Waals surface area (Å²) in [6, 6.07) is 5.94. The van der Waals surface area contributed by atoms with Gasteiger partial charge in [-0.25, -0.2) is 4.39 Å². The third kappa shape index (κ3) is 5.19. The average Bonchev–Trinajstić information content (AvgIpc) is 3.16. The minimum Gasteiger partial charge on any atom is -0.309 e. The van der Waals surface area contributed by atoms with Crippen LogP contribution in [0.3, 0.4) is 0 Å². The second-order valence-electron chi connectivity index (χ2n) is 6.80. The van der Waals surface area contributed by atoms with Gasteiger partial charge in [-0.3, -0.25) is 14.2 Å². The molecule has 0 unspecified atom stereocenters. The third-order valence-electron chi connectivity index (χ3n) is 4.57. The smallest absolute Gasteiger partial charge is 0.309 e. The molecule has 0 radical (unpaired) electrons. The first-order valence-electron chi connectivity index (χ1n) is 9.04. The number of aryl methyl sites for hydroxylation is 2. The van der Waals surface area contributed by atoms with Crippen LogP contribution >= 0.6 is 23.2 Å². The molecular formula is C19H17Cl2F4N5O. The minimum atomic E-state index is -4.68. The molecule has 1 amide bonds. The van der Waals surface area contributed by atoms with Crippen LogP contribution in [0.2, 0.25) is 10.0 Å². The van der Waals surface area contributed by atoms with Gasteiger partial charge in [0.05, 0.1) is 23.8 Å². The molecule has 2 heterocycles. The van der Waals surface area contributed by atoms with Crippen molar-refractivity contribution in [1.29, 1.82) is 0 Å². The molecule has 2 aromatic heterocycles. The first kappa shape index (κ1) is 23.1. The van der Waals surface area contributed by atoms with Crippen LogP contribution in [0.1, 0.15) is 29.1 Å². The van der Waals surface area contributed by atoms with Crippen molar-refractivity contribution < 1.29 is 22.4 Å². The number of rotatable bonds is 6. The predicted octanol–water partition coefficient (Wildman–Crippen LogP) is 5.24. The number of hydrogen-bond donors (Lipinski definition) is 1. The summed E-state index contributed by atoms with van der Waals surface area (Å²) in [5.41, 5.74) is -0.157. The highest BCUT2D eigenvalue weighted by Crippen LogP contribution is 2.35. The lowest BCUT2D eigenvalue weighted by Gasteiger charge is -2.08. The number of anilines is 1. The largest absolute Gasteiger partial charge is 0.436 e. The Kier molecular flexibility index (Phi) is 6.61. The van der Waals surface area contributed by atoms with Crippen LogP contribution in [0.25, 0.3) is 0 Å². The standard InChI is InChI=1S/C19H17Cl2F4N5O/c1-10-8-15(27-30(10)9-12-13(20)4-3-5-14(12)22)26-16(31)6-7-29-11(2)17(21)18(28-29)19(23,24)25/h3-5,8H,6-7,9H2,1-2H3,(H,26,27,31). The van der Waals surface area contributed by atoms with Gasteiger partial charge in [0.15, 0.2) is 11.5 Å². The zero-order valence-corrected chi connectivity index (χ0v) is 17.9. The minimum absolute atomic E-state index is 0.0679. The summed E-state index contributed by atoms with van der Waals surface area (Å²) in [5, 5.41) is 10.0. The van der Waals surface area contributed by atoms with Gasteiger partial charge in [-0.05, 0) is 26.0 Å². The number of benzene rings is 1. The van der Waals surface area contributed by atoms with E-state index in [0.29, 0.717) is 5.69 Å². The van der Waals surface area contributed by atoms with E-state index in [4.69, 9.17) is 23.2 Å². The van der Waals surface area contributed by atoms with E-state index in [9.17, 15) is 22.4 Å². The maximum atomic E-state index is 14.0. The lowest BCUT2D eigenvalue weighted by atomic mass is 10.2. The van der Waals surface area contributed by atoms with Gasteiger partial charge in [0.25, 0.3) is 0 Å². The molecule has 0 bridgehead atoms. The maximum absolute atomic E-state index is 14.0. The van der Waals surface area contributed by atoms with Crippen LogP contribution in [-0.2, 0) is 24.1 Å². The first-order chi connectivity index (χ1) is 14.5. The molecule has 0 fully saturated rings. The third-order valence-corrected chi connectivity index (χ3v) is 5.38. The van der Waals surface area contributed by atoms with E-state index in [1.165, 1.54) is 23.7 Å². The van der Waals surface area contributed by atoms with Gasteiger partial charge in [-0.15, -0.1) is 0 Å². The van der Waals surface area contributed by atoms with E-state index in [1.807, 2.05) is 0 Å². The fraction of sp³-hybridized carbons (Fsp3) is 0.316. The van der Waals surface area contributed by atoms with E-state index in [1.54, 1.807) is 19.1 Å². The molecule has 0 aliphatic carbocycles. The summed E-state index contributed by atoms with van der Waals surface area (Å²) in [4.78, 5) is 12.2. The van der Waals surface area contributed by atoms with Crippen molar-refractivity contribution in [2.45, 2.75) is 39.5 Å². The Morgan fingerprint density at radius 3 is 2.48 bits per heavy atom. The molecule has 0 saturated heterocycles. The molecular weight excluding hydrogens is 461 g/mol. The lowest BCUT2D eigenvalue weighted by molar-refractivity contribution is -0.141. The van der Waals surface area contributed by atoms with Gasteiger partial charge < -0.3 is 5.32 Å². The zero-order valence-electron chi connectivity index (χ0n) is 16.4. The van der Waals surface area contributed by atoms with Crippen LogP contribution in [0, 0.1) is 19.7 Å². The van der Waals surface area contributed by atoms with Crippen molar-refractivity contribution in [3.05, 3.63) is 62.8 Å². The summed E-state index contributed by atoms with van der Waals surface area (Å²) >= 11 is 11.7. The van der Waals surface area contributed by atoms with Gasteiger partial charge in [0, 0.05) is 28.8 Å². The normalized spacial score (nSPS) is 11.7. The molecule has 1 aromatic carbocycles. The molecule has 166 valence electrons. The van der Waals surface area contributed by atoms with Crippen LogP contribution in [0.15, 0.2) is 24.3 Å². The Balaban J connectivity index is 1.65. The van der Waals surface area contributed by atoms with Crippen molar-refractivity contribution in [3.8, 4) is 0 Å². The van der Waals surface area contributed by atoms with Crippen molar-refractivity contribution in [2.75, 3.05) is 5.32 Å². The molecule has 0 spiro atoms. The number of carbonyl (C=O) groups excluding carboxylic acids is 1. The van der Waals surface area contributed by atoms with Crippen molar-refractivity contribution in [1.82, 2.24) is 19.6 Å². The van der Waals surface area contributed by atoms with Crippen LogP contribution in [0.4, 0.5) is 23.4 Å². The van der Waals surface area contributed by atoms with E-state index in [2.05, 4.69) is 15.5 Å². The molecule has 0 aliphatic heterocycles. The molecule has 0 atom stereocenters. The Morgan fingerprint density at radius 1 is 1.16 bits per heavy atom. The number of amides is 1. The van der Waals surface area contributed by atoms with E-state index in [-0.39, 0.29) is 41.6 Å². The lowest BCUT2D eigenvalue weighted by Crippen LogP contribution is -2.16. The van der Waals surface area contributed by atoms with Gasteiger partial charge in [-0.1, -0.05) is 29.3 Å². The van der Waals surface area contributed by atoms with Crippen molar-refractivity contribution in [3.63, 3.8) is 0 Å². The number of nitrogens with one attached hydrogen (secondary N) is 1. The Hall–Kier alpha value is -2.59. The van der Waals surface area contributed by atoms with Gasteiger partial charge in [0.1, 0.15) is 5.82 Å². The van der Waals surface area contributed by atoms with Crippen LogP contribution in [-0.4, -0.2) is 25.5 Å². The van der Waals surface area contributed by atoms with E-state index < -0.39 is 28.6 Å². The van der Waals surface area contributed by atoms with Gasteiger partial charge in [0.2, 0.25) is 5.91 Å². The fourth-order valence-electron chi connectivity index (χ4n) is 2.90. The van der Waals surface area contributed by atoms with Crippen LogP contribution < -0.4 is 5.32 Å². The SMILES string of the molecule is Cc1cc(NC(=O)CCn2nc(C(F)(F)F)c(Cl)c2C)nn1Cc1c(F)cccc1Cl. The van der Waals surface area contributed by atoms with Gasteiger partial charge in [-0.2, -0.15) is 23.4 Å². The number of nitrogens with zero attached hydrogens (tertiary/aromatic N) is 4. The highest BCUT2D eigenvalue weighted by Gasteiger charge is 2.38. The summed E-state index contributed by atoms with van der Waals surface area (Å²) in [6.45, 7) is 3.09. The number of halogens is 6. The Labute approximate surface area is 184 Å². The number of aromatic nitrogens is 4. The average molecular weight is 478 g/mol. The van der Waals surface area contributed by atoms with Crippen molar-refractivity contribution >= 4 is 34.9 Å². The highest BCUT2D eigenvalue weighted by atomic mass is 35.5. The molecule has 1 N–H and O–H groups in total. The first-order valence-corrected chi connectivity index (χ1v) is 9.80. The molecule has 0 saturated carbocycles.